The van der Waals surface area contributed by atoms with Gasteiger partial charge in [0.15, 0.2) is 18.0 Å². The number of amides is 1. The van der Waals surface area contributed by atoms with Crippen molar-refractivity contribution < 1.29 is 28.8 Å². The normalized spacial score (nSPS) is 18.5. The lowest BCUT2D eigenvalue weighted by Gasteiger charge is -2.29. The van der Waals surface area contributed by atoms with E-state index in [2.05, 4.69) is 34.8 Å². The lowest BCUT2D eigenvalue weighted by Crippen LogP contribution is -3.28. The first-order valence-electron chi connectivity index (χ1n) is 10.5. The minimum Gasteiger partial charge on any atom is -0.493 e. The second-order valence-corrected chi connectivity index (χ2v) is 7.59. The van der Waals surface area contributed by atoms with Crippen molar-refractivity contribution in [2.75, 3.05) is 54.1 Å². The van der Waals surface area contributed by atoms with E-state index in [4.69, 9.17) is 14.2 Å². The molecule has 3 N–H and O–H groups in total. The average molecular weight is 429 g/mol. The molecule has 0 bridgehead atoms. The van der Waals surface area contributed by atoms with Gasteiger partial charge in [-0.1, -0.05) is 30.3 Å². The summed E-state index contributed by atoms with van der Waals surface area (Å²) in [6.07, 6.45) is 1.57. The Morgan fingerprint density at radius 2 is 1.58 bits per heavy atom. The first-order valence-corrected chi connectivity index (χ1v) is 10.5. The zero-order valence-electron chi connectivity index (χ0n) is 18.4. The number of hydrogen-bond donors (Lipinski definition) is 3. The summed E-state index contributed by atoms with van der Waals surface area (Å²) in [7, 11) is 4.67. The van der Waals surface area contributed by atoms with Crippen LogP contribution in [-0.4, -0.2) is 66.2 Å². The molecule has 1 amide bonds. The molecule has 1 fully saturated rings. The molecular weight excluding hydrogens is 396 g/mol. The maximum Gasteiger partial charge on any atom is 0.295 e. The van der Waals surface area contributed by atoms with Crippen molar-refractivity contribution in [3.8, 4) is 17.2 Å². The molecule has 0 unspecified atom stereocenters. The molecule has 1 aliphatic heterocycles. The Morgan fingerprint density at radius 3 is 2.16 bits per heavy atom. The van der Waals surface area contributed by atoms with Gasteiger partial charge in [-0.05, 0) is 12.1 Å². The van der Waals surface area contributed by atoms with Crippen molar-refractivity contribution in [2.45, 2.75) is 6.54 Å². The molecule has 0 radical (unpaired) electrons. The highest BCUT2D eigenvalue weighted by Crippen LogP contribution is 2.37. The molecule has 0 aliphatic carbocycles. The number of quaternary nitrogens is 2. The van der Waals surface area contributed by atoms with Crippen LogP contribution in [-0.2, 0) is 11.3 Å². The number of carbonyl (C=O) groups excluding carboxylic acids is 1. The smallest absolute Gasteiger partial charge is 0.295 e. The Labute approximate surface area is 183 Å². The van der Waals surface area contributed by atoms with Crippen molar-refractivity contribution >= 4 is 12.1 Å². The molecule has 3 rings (SSSR count). The Hall–Kier alpha value is -3.10. The monoisotopic (exact) mass is 428 g/mol. The van der Waals surface area contributed by atoms with Crippen molar-refractivity contribution in [1.82, 2.24) is 5.43 Å². The fourth-order valence-corrected chi connectivity index (χ4v) is 3.82. The van der Waals surface area contributed by atoms with Crippen LogP contribution in [0, 0.1) is 0 Å². The fraction of sp³-hybridized carbons (Fsp3) is 0.391. The van der Waals surface area contributed by atoms with Crippen LogP contribution < -0.4 is 29.4 Å². The molecule has 31 heavy (non-hydrogen) atoms. The first-order chi connectivity index (χ1) is 15.1. The predicted molar refractivity (Wildman–Crippen MR) is 118 cm³/mol. The number of rotatable bonds is 9. The number of nitrogens with zero attached hydrogens (tertiary/aromatic N) is 1. The number of hydrazone groups is 1. The fourth-order valence-electron chi connectivity index (χ4n) is 3.82. The van der Waals surface area contributed by atoms with Gasteiger partial charge < -0.3 is 24.0 Å². The summed E-state index contributed by atoms with van der Waals surface area (Å²) in [5, 5.41) is 4.09. The SMILES string of the molecule is COc1cc(/C=N\NC(=O)C[NH+]2CC[NH+](Cc3ccccc3)CC2)cc(OC)c1OC. The highest BCUT2D eigenvalue weighted by Gasteiger charge is 2.24. The van der Waals surface area contributed by atoms with Crippen LogP contribution in [0.4, 0.5) is 0 Å². The number of methoxy groups -OCH3 is 3. The molecule has 2 aromatic rings. The standard InChI is InChI=1S/C23H30N4O4/c1-29-20-13-19(14-21(30-2)23(20)31-3)15-24-25-22(28)17-27-11-9-26(10-12-27)16-18-7-5-4-6-8-18/h4-8,13-15H,9-12,16-17H2,1-3H3,(H,25,28)/p+2/b24-15-. The highest BCUT2D eigenvalue weighted by molar-refractivity contribution is 5.84. The molecular formula is C23H32N4O4+2. The minimum atomic E-state index is -0.0924. The van der Waals surface area contributed by atoms with Gasteiger partial charge in [-0.25, -0.2) is 5.43 Å². The van der Waals surface area contributed by atoms with Crippen LogP contribution in [0.15, 0.2) is 47.6 Å². The maximum absolute atomic E-state index is 12.3. The van der Waals surface area contributed by atoms with Gasteiger partial charge in [0.25, 0.3) is 5.91 Å². The van der Waals surface area contributed by atoms with Crippen LogP contribution in [0.25, 0.3) is 0 Å². The maximum atomic E-state index is 12.3. The number of ether oxygens (including phenoxy) is 3. The van der Waals surface area contributed by atoms with E-state index in [0.717, 1.165) is 38.3 Å². The molecule has 166 valence electrons. The van der Waals surface area contributed by atoms with Gasteiger partial charge in [0.05, 0.1) is 27.5 Å². The van der Waals surface area contributed by atoms with Crippen LogP contribution in [0.3, 0.4) is 0 Å². The summed E-state index contributed by atoms with van der Waals surface area (Å²) in [5.74, 6) is 1.50. The zero-order chi connectivity index (χ0) is 22.1. The summed E-state index contributed by atoms with van der Waals surface area (Å²) >= 11 is 0. The number of carbonyl (C=O) groups is 1. The summed E-state index contributed by atoms with van der Waals surface area (Å²) in [4.78, 5) is 15.2. The number of piperazine rings is 1. The average Bonchev–Trinajstić information content (AvgIpc) is 2.80. The lowest BCUT2D eigenvalue weighted by molar-refractivity contribution is -1.02. The molecule has 0 saturated carbocycles. The van der Waals surface area contributed by atoms with Gasteiger partial charge in [-0.3, -0.25) is 4.79 Å². The number of nitrogens with one attached hydrogen (secondary N) is 3. The van der Waals surface area contributed by atoms with E-state index in [1.165, 1.54) is 10.5 Å². The third kappa shape index (κ3) is 6.44. The quantitative estimate of drug-likeness (QED) is 0.359. The van der Waals surface area contributed by atoms with Gasteiger partial charge in [-0.2, -0.15) is 5.10 Å². The van der Waals surface area contributed by atoms with Crippen LogP contribution in [0.1, 0.15) is 11.1 Å². The summed E-state index contributed by atoms with van der Waals surface area (Å²) < 4.78 is 16.0. The third-order valence-electron chi connectivity index (χ3n) is 5.46. The van der Waals surface area contributed by atoms with Gasteiger partial charge in [0.2, 0.25) is 5.75 Å². The van der Waals surface area contributed by atoms with Gasteiger partial charge >= 0.3 is 0 Å². The summed E-state index contributed by atoms with van der Waals surface area (Å²) in [5.41, 5.74) is 4.72. The largest absolute Gasteiger partial charge is 0.493 e. The van der Waals surface area contributed by atoms with E-state index in [1.54, 1.807) is 44.6 Å². The highest BCUT2D eigenvalue weighted by atomic mass is 16.5. The molecule has 2 aromatic carbocycles. The van der Waals surface area contributed by atoms with Crippen molar-refractivity contribution in [3.63, 3.8) is 0 Å². The Balaban J connectivity index is 1.46. The van der Waals surface area contributed by atoms with E-state index >= 15 is 0 Å². The van der Waals surface area contributed by atoms with E-state index in [9.17, 15) is 4.79 Å². The van der Waals surface area contributed by atoms with Crippen molar-refractivity contribution in [3.05, 3.63) is 53.6 Å². The molecule has 8 heteroatoms. The Morgan fingerprint density at radius 1 is 0.968 bits per heavy atom. The molecule has 1 heterocycles. The summed E-state index contributed by atoms with van der Waals surface area (Å²) in [6, 6.07) is 14.1. The minimum absolute atomic E-state index is 0.0924. The molecule has 8 nitrogen and oxygen atoms in total. The van der Waals surface area contributed by atoms with E-state index in [-0.39, 0.29) is 5.91 Å². The topological polar surface area (TPSA) is 78.0 Å². The molecule has 0 spiro atoms. The second kappa shape index (κ2) is 11.3. The molecule has 0 aromatic heterocycles. The van der Waals surface area contributed by atoms with Crippen molar-refractivity contribution in [2.24, 2.45) is 5.10 Å². The van der Waals surface area contributed by atoms with E-state index < -0.39 is 0 Å². The van der Waals surface area contributed by atoms with Gasteiger partial charge in [-0.15, -0.1) is 0 Å². The second-order valence-electron chi connectivity index (χ2n) is 7.59. The number of benzene rings is 2. The van der Waals surface area contributed by atoms with E-state index in [0.29, 0.717) is 23.8 Å². The Bertz CT molecular complexity index is 855. The number of hydrogen-bond acceptors (Lipinski definition) is 5. The summed E-state index contributed by atoms with van der Waals surface area (Å²) in [6.45, 7) is 5.54. The Kier molecular flexibility index (Phi) is 8.26. The molecule has 1 saturated heterocycles. The van der Waals surface area contributed by atoms with Crippen molar-refractivity contribution in [1.29, 1.82) is 0 Å². The molecule has 1 aliphatic rings. The zero-order valence-corrected chi connectivity index (χ0v) is 18.4. The third-order valence-corrected chi connectivity index (χ3v) is 5.46. The van der Waals surface area contributed by atoms with Gasteiger partial charge in [0.1, 0.15) is 32.7 Å². The van der Waals surface area contributed by atoms with Crippen LogP contribution in [0.5, 0.6) is 17.2 Å². The van der Waals surface area contributed by atoms with E-state index in [1.807, 2.05) is 6.07 Å². The predicted octanol–water partition coefficient (Wildman–Crippen LogP) is -0.854. The van der Waals surface area contributed by atoms with Crippen LogP contribution in [0.2, 0.25) is 0 Å². The van der Waals surface area contributed by atoms with Gasteiger partial charge in [0, 0.05) is 11.1 Å². The first kappa shape index (κ1) is 22.6. The molecule has 0 atom stereocenters. The van der Waals surface area contributed by atoms with Crippen LogP contribution >= 0.6 is 0 Å². The lowest BCUT2D eigenvalue weighted by atomic mass is 10.2.